The van der Waals surface area contributed by atoms with Crippen molar-refractivity contribution in [3.63, 3.8) is 0 Å². The SMILES string of the molecule is CC#Cc1cccc(NC(=O)COC)c1.CC#Cc1cccc(NC(=O)NCC)c1.CC#Cc1cccc(NC(=O)NCCCl)c1.CC#Cc1cccc(NC=O)c1.CCCS(=O)(=O)Nc1ccc(C)cc1.CNC(=O)OCC(C)C.COC(=O)c1ccc(C)cc1.Cc1ccc(NS(=O)(=O)CCCCl)cc1.Cc1ccc(OCCN2CC[C@H](O)C2)cc1. The topological polar surface area (TPSA) is 339 Å². The number of esters is 1. The van der Waals surface area contributed by atoms with Crippen molar-refractivity contribution in [2.24, 2.45) is 5.92 Å². The summed E-state index contributed by atoms with van der Waals surface area (Å²) in [6.45, 7) is 27.7. The summed E-state index contributed by atoms with van der Waals surface area (Å²) in [6.07, 6.45) is 2.13. The summed E-state index contributed by atoms with van der Waals surface area (Å²) < 4.78 is 70.3. The number of hydrogen-bond donors (Lipinski definition) is 10. The number of rotatable bonds is 26. The molecular weight excluding hydrogens is 1640 g/mol. The Hall–Kier alpha value is -12.0. The summed E-state index contributed by atoms with van der Waals surface area (Å²) in [7, 11) is -1.99. The predicted molar refractivity (Wildman–Crippen MR) is 501 cm³/mol. The van der Waals surface area contributed by atoms with Crippen molar-refractivity contribution in [3.8, 4) is 53.1 Å². The number of aliphatic hydroxyl groups excluding tert-OH is 1. The molecule has 1 fully saturated rings. The third-order valence-corrected chi connectivity index (χ3v) is 18.7. The molecule has 1 saturated heterocycles. The van der Waals surface area contributed by atoms with Gasteiger partial charge in [0.05, 0.1) is 36.9 Å². The number of alkyl carbamates (subject to hydrolysis) is 1. The Bertz CT molecular complexity index is 4860. The number of nitrogens with zero attached hydrogens (tertiary/aromatic N) is 1. The number of halogens is 2. The molecule has 10 N–H and O–H groups in total. The number of β-amino-alcohol motifs (C(OH)–C–C–N with tert-alkyl or cyclic N) is 1. The van der Waals surface area contributed by atoms with E-state index in [1.165, 1.54) is 19.8 Å². The van der Waals surface area contributed by atoms with Crippen molar-refractivity contribution in [3.05, 3.63) is 244 Å². The van der Waals surface area contributed by atoms with Gasteiger partial charge in [-0.15, -0.1) is 46.9 Å². The van der Waals surface area contributed by atoms with Gasteiger partial charge in [-0.3, -0.25) is 23.9 Å². The molecule has 8 aromatic carbocycles. The van der Waals surface area contributed by atoms with Crippen molar-refractivity contribution in [2.75, 3.05) is 128 Å². The Kier molecular flexibility index (Phi) is 58.2. The molecule has 0 saturated carbocycles. The normalized spacial score (nSPS) is 11.0. The van der Waals surface area contributed by atoms with Crippen LogP contribution in [-0.4, -0.2) is 166 Å². The lowest BCUT2D eigenvalue weighted by Crippen LogP contribution is -2.30. The number of hydrogen-bond acceptors (Lipinski definition) is 16. The molecule has 662 valence electrons. The maximum atomic E-state index is 11.5. The predicted octanol–water partition coefficient (Wildman–Crippen LogP) is 16.6. The number of nitrogens with one attached hydrogen (secondary N) is 9. The van der Waals surface area contributed by atoms with E-state index in [9.17, 15) is 50.7 Å². The van der Waals surface area contributed by atoms with Gasteiger partial charge in [-0.1, -0.05) is 140 Å². The van der Waals surface area contributed by atoms with E-state index in [2.05, 4.69) is 123 Å². The third kappa shape index (κ3) is 55.5. The second kappa shape index (κ2) is 65.7. The van der Waals surface area contributed by atoms with Crippen LogP contribution in [0.4, 0.5) is 48.5 Å². The highest BCUT2D eigenvalue weighted by atomic mass is 35.5. The second-order valence-corrected chi connectivity index (χ2v) is 31.2. The van der Waals surface area contributed by atoms with E-state index >= 15 is 0 Å². The second-order valence-electron chi connectivity index (χ2n) is 26.7. The lowest BCUT2D eigenvalue weighted by atomic mass is 10.2. The molecule has 1 atom stereocenters. The number of carbonyl (C=O) groups excluding carboxylic acids is 6. The monoisotopic (exact) mass is 1760 g/mol. The molecule has 9 rings (SSSR count). The average Bonchev–Trinajstić information content (AvgIpc) is 1.53. The Labute approximate surface area is 739 Å². The molecule has 0 aromatic heterocycles. The lowest BCUT2D eigenvalue weighted by Gasteiger charge is -2.15. The highest BCUT2D eigenvalue weighted by Gasteiger charge is 2.20. The number of ether oxygens (including phenoxy) is 4. The van der Waals surface area contributed by atoms with Crippen molar-refractivity contribution in [2.45, 2.75) is 108 Å². The molecular formula is C94H120Cl2N10O15S2. The number of likely N-dealkylation sites (tertiary alicyclic amines) is 1. The van der Waals surface area contributed by atoms with Gasteiger partial charge in [0.1, 0.15) is 19.0 Å². The fraction of sp³-hybridized carbons (Fsp3) is 0.340. The number of benzene rings is 8. The molecule has 1 aliphatic rings. The highest BCUT2D eigenvalue weighted by molar-refractivity contribution is 7.93. The minimum atomic E-state index is -3.24. The fourth-order valence-corrected chi connectivity index (χ4v) is 12.3. The Morgan fingerprint density at radius 2 is 0.984 bits per heavy atom. The lowest BCUT2D eigenvalue weighted by molar-refractivity contribution is -0.119. The Balaban J connectivity index is 0.000000695. The smallest absolute Gasteiger partial charge is 0.406 e. The quantitative estimate of drug-likeness (QED) is 0.0104. The van der Waals surface area contributed by atoms with Crippen LogP contribution in [0.1, 0.15) is 130 Å². The fourth-order valence-electron chi connectivity index (χ4n) is 9.64. The third-order valence-electron chi connectivity index (χ3n) is 15.4. The van der Waals surface area contributed by atoms with Gasteiger partial charge in [-0.05, 0) is 209 Å². The van der Waals surface area contributed by atoms with Gasteiger partial charge in [0, 0.05) is 115 Å². The maximum absolute atomic E-state index is 11.5. The van der Waals surface area contributed by atoms with Gasteiger partial charge >= 0.3 is 24.1 Å². The number of amides is 7. The summed E-state index contributed by atoms with van der Waals surface area (Å²) in [6, 6.07) is 58.9. The largest absolute Gasteiger partial charge is 0.492 e. The van der Waals surface area contributed by atoms with Crippen LogP contribution >= 0.6 is 23.2 Å². The molecule has 1 aliphatic heterocycles. The zero-order valence-electron chi connectivity index (χ0n) is 73.0. The van der Waals surface area contributed by atoms with Gasteiger partial charge < -0.3 is 61.3 Å². The molecule has 123 heavy (non-hydrogen) atoms. The summed E-state index contributed by atoms with van der Waals surface area (Å²) in [5.74, 6) is 24.7. The molecule has 0 bridgehead atoms. The van der Waals surface area contributed by atoms with Crippen molar-refractivity contribution in [1.82, 2.24) is 20.9 Å². The van der Waals surface area contributed by atoms with Crippen molar-refractivity contribution < 1.29 is 69.7 Å². The average molecular weight is 1770 g/mol. The standard InChI is InChI=1S/C13H19NO2.C12H13ClN2O.C12H14N2O.C12H13NO2.C10H14ClNO2S.C10H15NO2S.C10H9NO.C9H10O2.C6H13NO2/c1-11-2-4-13(5-3-11)16-9-8-14-7-6-12(15)10-14;1-2-4-10-5-3-6-11(9-10)15-12(16)14-8-7-13;1-3-6-10-7-5-8-11(9-10)14-12(15)13-4-2;1-3-5-10-6-4-7-11(8-10)13-12(14)9-15-2;1-9-3-5-10(6-4-9)12-15(13,14)8-2-7-11;1-3-8-14(12,13)11-10-6-4-9(2)5-7-10;1-2-4-9-5-3-6-10(7-9)11-8-12;1-7-3-5-8(6-4-7)9(10)11-2;1-5(2)4-9-6(8)7-3/h2-5,12,15H,6-10H2,1H3;3,5-6,9H,7-8H2,1H3,(H2,14,15,16);5,7-9H,4H2,1-2H3,(H2,13,14,15);4,6-8H,9H2,1-2H3,(H,13,14);3-6,12H,2,7-8H2,1H3;4-7,11H,3,8H2,1-2H3;3,5-8H,1H3,(H,11,12);3-6H,1-2H3;5H,4H2,1-3H3,(H,7,8)/t12-;;;;;;;;/m0......../s1. The minimum Gasteiger partial charge on any atom is -0.492 e. The summed E-state index contributed by atoms with van der Waals surface area (Å²) in [4.78, 5) is 67.4. The molecule has 0 spiro atoms. The van der Waals surface area contributed by atoms with Crippen molar-refractivity contribution in [1.29, 1.82) is 0 Å². The number of aliphatic hydroxyl groups is 1. The Morgan fingerprint density at radius 1 is 0.561 bits per heavy atom. The molecule has 8 aromatic rings. The zero-order chi connectivity index (χ0) is 91.6. The van der Waals surface area contributed by atoms with Gasteiger partial charge in [0.2, 0.25) is 32.4 Å². The van der Waals surface area contributed by atoms with Crippen LogP contribution in [0.5, 0.6) is 5.75 Å². The van der Waals surface area contributed by atoms with Gasteiger partial charge in [-0.2, -0.15) is 0 Å². The summed E-state index contributed by atoms with van der Waals surface area (Å²) in [5, 5.41) is 27.7. The van der Waals surface area contributed by atoms with Gasteiger partial charge in [0.15, 0.2) is 0 Å². The van der Waals surface area contributed by atoms with Gasteiger partial charge in [0.25, 0.3) is 0 Å². The van der Waals surface area contributed by atoms with Crippen molar-refractivity contribution >= 4 is 114 Å². The van der Waals surface area contributed by atoms with E-state index in [1.807, 2.05) is 188 Å². The molecule has 0 radical (unpaired) electrons. The van der Waals surface area contributed by atoms with E-state index in [0.29, 0.717) is 85.9 Å². The van der Waals surface area contributed by atoms with Crippen LogP contribution in [0.15, 0.2) is 194 Å². The number of urea groups is 2. The van der Waals surface area contributed by atoms with E-state index in [4.69, 9.17) is 37.4 Å². The number of sulfonamides is 2. The van der Waals surface area contributed by atoms with Gasteiger partial charge in [-0.25, -0.2) is 36.0 Å². The van der Waals surface area contributed by atoms with Crippen LogP contribution in [-0.2, 0) is 43.8 Å². The number of alkyl halides is 2. The summed E-state index contributed by atoms with van der Waals surface area (Å²) >= 11 is 10.9. The zero-order valence-corrected chi connectivity index (χ0v) is 76.1. The molecule has 7 amide bonds. The Morgan fingerprint density at radius 3 is 1.37 bits per heavy atom. The van der Waals surface area contributed by atoms with Crippen LogP contribution in [0.25, 0.3) is 0 Å². The van der Waals surface area contributed by atoms with Crippen LogP contribution in [0, 0.1) is 81.0 Å². The summed E-state index contributed by atoms with van der Waals surface area (Å²) in [5.41, 5.74) is 12.9. The first-order chi connectivity index (χ1) is 58.8. The first kappa shape index (κ1) is 109. The molecule has 1 heterocycles. The van der Waals surface area contributed by atoms with E-state index in [1.54, 1.807) is 77.2 Å². The first-order valence-corrected chi connectivity index (χ1v) is 43.8. The van der Waals surface area contributed by atoms with Crippen LogP contribution in [0.2, 0.25) is 0 Å². The number of carbonyl (C=O) groups is 6. The molecule has 0 aliphatic carbocycles. The number of anilines is 6. The molecule has 29 heteroatoms. The number of methoxy groups -OCH3 is 2. The highest BCUT2D eigenvalue weighted by Crippen LogP contribution is 2.17. The minimum absolute atomic E-state index is 0.0592. The van der Waals surface area contributed by atoms with Crippen LogP contribution < -0.4 is 51.4 Å². The molecule has 25 nitrogen and oxygen atoms in total. The van der Waals surface area contributed by atoms with E-state index in [-0.39, 0.29) is 54.2 Å². The molecule has 0 unspecified atom stereocenters. The van der Waals surface area contributed by atoms with E-state index in [0.717, 1.165) is 87.8 Å². The van der Waals surface area contributed by atoms with E-state index < -0.39 is 20.0 Å². The van der Waals surface area contributed by atoms with Crippen LogP contribution in [0.3, 0.4) is 0 Å². The maximum Gasteiger partial charge on any atom is 0.406 e. The first-order valence-electron chi connectivity index (χ1n) is 39.4. The number of aryl methyl sites for hydroxylation is 4.